The molecule has 0 saturated carbocycles. The molecule has 0 unspecified atom stereocenters. The van der Waals surface area contributed by atoms with Crippen LogP contribution < -0.4 is 15.6 Å². The zero-order valence-corrected chi connectivity index (χ0v) is 15.1. The molecule has 0 amide bonds. The molecule has 1 aliphatic rings. The largest absolute Gasteiger partial charge is 0.492 e. The van der Waals surface area contributed by atoms with Gasteiger partial charge < -0.3 is 15.0 Å². The van der Waals surface area contributed by atoms with Gasteiger partial charge in [0, 0.05) is 10.3 Å². The molecule has 3 heterocycles. The summed E-state index contributed by atoms with van der Waals surface area (Å²) in [5, 5.41) is 15.5. The van der Waals surface area contributed by atoms with E-state index in [1.54, 1.807) is 6.07 Å². The van der Waals surface area contributed by atoms with E-state index in [-0.39, 0.29) is 5.56 Å². The third-order valence-electron chi connectivity index (χ3n) is 4.81. The van der Waals surface area contributed by atoms with Gasteiger partial charge in [0.05, 0.1) is 23.3 Å². The number of piperidine rings is 1. The van der Waals surface area contributed by atoms with E-state index in [9.17, 15) is 10.1 Å². The van der Waals surface area contributed by atoms with E-state index in [0.717, 1.165) is 36.2 Å². The number of hydrogen-bond acceptors (Lipinski definition) is 5. The molecule has 0 aliphatic carbocycles. The Kier molecular flexibility index (Phi) is 4.74. The maximum Gasteiger partial charge on any atom is 0.260 e. The molecule has 0 bridgehead atoms. The number of ether oxygens (including phenoxy) is 1. The second-order valence-electron chi connectivity index (χ2n) is 6.48. The van der Waals surface area contributed by atoms with Crippen LogP contribution in [0.15, 0.2) is 40.5 Å². The lowest BCUT2D eigenvalue weighted by Crippen LogP contribution is -2.30. The van der Waals surface area contributed by atoms with Crippen LogP contribution in [-0.4, -0.2) is 24.7 Å². The average molecular weight is 365 g/mol. The van der Waals surface area contributed by atoms with Crippen molar-refractivity contribution in [2.75, 3.05) is 19.7 Å². The minimum absolute atomic E-state index is 0.219. The van der Waals surface area contributed by atoms with Crippen molar-refractivity contribution in [3.8, 4) is 22.3 Å². The Hall–Kier alpha value is -2.62. The maximum atomic E-state index is 12.8. The number of nitrogens with one attached hydrogen (secondary N) is 2. The molecule has 0 atom stereocenters. The molecule has 0 spiro atoms. The fourth-order valence-corrected chi connectivity index (χ4v) is 4.19. The third-order valence-corrected chi connectivity index (χ3v) is 5.70. The Morgan fingerprint density at radius 3 is 2.81 bits per heavy atom. The standard InChI is InChI=1S/C20H19N3O2S/c21-11-14-3-1-4-15-18(14)23-20(24)17(16-5-2-10-26-16)19(15)25-12-13-6-8-22-9-7-13/h1-5,10,13,22H,6-9,12H2,(H,23,24). The third kappa shape index (κ3) is 3.12. The van der Waals surface area contributed by atoms with E-state index in [1.807, 2.05) is 29.6 Å². The Bertz CT molecular complexity index is 1010. The lowest BCUT2D eigenvalue weighted by atomic mass is 9.99. The molecule has 2 N–H and O–H groups in total. The van der Waals surface area contributed by atoms with Crippen molar-refractivity contribution < 1.29 is 4.74 Å². The first kappa shape index (κ1) is 16.8. The smallest absolute Gasteiger partial charge is 0.260 e. The van der Waals surface area contributed by atoms with Gasteiger partial charge in [0.2, 0.25) is 0 Å². The van der Waals surface area contributed by atoms with Crippen LogP contribution in [0.2, 0.25) is 0 Å². The molecule has 1 aliphatic heterocycles. The number of hydrogen-bond donors (Lipinski definition) is 2. The average Bonchev–Trinajstić information content (AvgIpc) is 3.20. The fraction of sp³-hybridized carbons (Fsp3) is 0.300. The monoisotopic (exact) mass is 365 g/mol. The molecule has 2 aromatic heterocycles. The number of H-pyrrole nitrogens is 1. The quantitative estimate of drug-likeness (QED) is 0.742. The number of thiophene rings is 1. The highest BCUT2D eigenvalue weighted by Gasteiger charge is 2.20. The Morgan fingerprint density at radius 2 is 2.08 bits per heavy atom. The van der Waals surface area contributed by atoms with Crippen LogP contribution in [0.1, 0.15) is 18.4 Å². The number of fused-ring (bicyclic) bond motifs is 1. The van der Waals surface area contributed by atoms with E-state index in [0.29, 0.717) is 34.9 Å². The summed E-state index contributed by atoms with van der Waals surface area (Å²) in [5.41, 5.74) is 1.32. The van der Waals surface area contributed by atoms with Crippen molar-refractivity contribution in [2.45, 2.75) is 12.8 Å². The highest BCUT2D eigenvalue weighted by Crippen LogP contribution is 2.36. The molecule has 132 valence electrons. The predicted octanol–water partition coefficient (Wildman–Crippen LogP) is 3.51. The molecule has 5 nitrogen and oxygen atoms in total. The van der Waals surface area contributed by atoms with Gasteiger partial charge in [-0.15, -0.1) is 11.3 Å². The molecule has 1 saturated heterocycles. The van der Waals surface area contributed by atoms with Crippen molar-refractivity contribution in [1.29, 1.82) is 5.26 Å². The van der Waals surface area contributed by atoms with Gasteiger partial charge in [0.25, 0.3) is 5.56 Å². The molecule has 0 radical (unpaired) electrons. The Balaban J connectivity index is 1.84. The van der Waals surface area contributed by atoms with Gasteiger partial charge in [0.1, 0.15) is 11.8 Å². The predicted molar refractivity (Wildman–Crippen MR) is 104 cm³/mol. The molecule has 1 aromatic carbocycles. The highest BCUT2D eigenvalue weighted by molar-refractivity contribution is 7.13. The van der Waals surface area contributed by atoms with Gasteiger partial charge in [-0.1, -0.05) is 12.1 Å². The number of nitrogens with zero attached hydrogens (tertiary/aromatic N) is 1. The molecular formula is C20H19N3O2S. The summed E-state index contributed by atoms with van der Waals surface area (Å²) in [6.45, 7) is 2.58. The number of para-hydroxylation sites is 1. The Labute approximate surface area is 155 Å². The van der Waals surface area contributed by atoms with Crippen LogP contribution in [0.25, 0.3) is 21.3 Å². The SMILES string of the molecule is N#Cc1cccc2c(OCC3CCNCC3)c(-c3cccs3)c(=O)[nH]c12. The van der Waals surface area contributed by atoms with E-state index < -0.39 is 0 Å². The highest BCUT2D eigenvalue weighted by atomic mass is 32.1. The number of aromatic nitrogens is 1. The summed E-state index contributed by atoms with van der Waals surface area (Å²) < 4.78 is 6.24. The van der Waals surface area contributed by atoms with E-state index >= 15 is 0 Å². The topological polar surface area (TPSA) is 77.9 Å². The van der Waals surface area contributed by atoms with Crippen molar-refractivity contribution in [3.63, 3.8) is 0 Å². The van der Waals surface area contributed by atoms with Gasteiger partial charge in [-0.05, 0) is 55.4 Å². The summed E-state index contributed by atoms with van der Waals surface area (Å²) >= 11 is 1.51. The molecule has 6 heteroatoms. The number of benzene rings is 1. The van der Waals surface area contributed by atoms with Crippen molar-refractivity contribution >= 4 is 22.2 Å². The summed E-state index contributed by atoms with van der Waals surface area (Å²) in [5.74, 6) is 1.06. The summed E-state index contributed by atoms with van der Waals surface area (Å²) in [4.78, 5) is 16.6. The van der Waals surface area contributed by atoms with Gasteiger partial charge in [-0.2, -0.15) is 5.26 Å². The minimum atomic E-state index is -0.219. The lowest BCUT2D eigenvalue weighted by Gasteiger charge is -2.23. The van der Waals surface area contributed by atoms with Crippen LogP contribution in [0, 0.1) is 17.2 Å². The second kappa shape index (κ2) is 7.32. The number of nitriles is 1. The van der Waals surface area contributed by atoms with E-state index in [4.69, 9.17) is 4.74 Å². The molecule has 26 heavy (non-hydrogen) atoms. The van der Waals surface area contributed by atoms with E-state index in [1.165, 1.54) is 11.3 Å². The first-order valence-electron chi connectivity index (χ1n) is 8.74. The molecule has 4 rings (SSSR count). The van der Waals surface area contributed by atoms with Crippen molar-refractivity contribution in [1.82, 2.24) is 10.3 Å². The first-order chi connectivity index (χ1) is 12.8. The Morgan fingerprint density at radius 1 is 1.23 bits per heavy atom. The van der Waals surface area contributed by atoms with Crippen LogP contribution >= 0.6 is 11.3 Å². The minimum Gasteiger partial charge on any atom is -0.492 e. The van der Waals surface area contributed by atoms with Crippen LogP contribution in [-0.2, 0) is 0 Å². The first-order valence-corrected chi connectivity index (χ1v) is 9.62. The summed E-state index contributed by atoms with van der Waals surface area (Å²) in [7, 11) is 0. The zero-order valence-electron chi connectivity index (χ0n) is 14.2. The van der Waals surface area contributed by atoms with Crippen molar-refractivity contribution in [3.05, 3.63) is 51.6 Å². The lowest BCUT2D eigenvalue weighted by molar-refractivity contribution is 0.217. The van der Waals surface area contributed by atoms with Crippen molar-refractivity contribution in [2.24, 2.45) is 5.92 Å². The van der Waals surface area contributed by atoms with Crippen LogP contribution in [0.3, 0.4) is 0 Å². The normalized spacial score (nSPS) is 15.0. The van der Waals surface area contributed by atoms with Crippen LogP contribution in [0.4, 0.5) is 0 Å². The van der Waals surface area contributed by atoms with Gasteiger partial charge >= 0.3 is 0 Å². The molecular weight excluding hydrogens is 346 g/mol. The van der Waals surface area contributed by atoms with E-state index in [2.05, 4.69) is 16.4 Å². The number of aromatic amines is 1. The molecule has 1 fully saturated rings. The van der Waals surface area contributed by atoms with Gasteiger partial charge in [-0.25, -0.2) is 0 Å². The summed E-state index contributed by atoms with van der Waals surface area (Å²) in [6.07, 6.45) is 2.14. The second-order valence-corrected chi connectivity index (χ2v) is 7.43. The zero-order chi connectivity index (χ0) is 17.9. The number of rotatable bonds is 4. The van der Waals surface area contributed by atoms with Crippen LogP contribution in [0.5, 0.6) is 5.75 Å². The number of pyridine rings is 1. The summed E-state index contributed by atoms with van der Waals surface area (Å²) in [6, 6.07) is 11.4. The fourth-order valence-electron chi connectivity index (χ4n) is 3.43. The van der Waals surface area contributed by atoms with Gasteiger partial charge in [-0.3, -0.25) is 4.79 Å². The van der Waals surface area contributed by atoms with Gasteiger partial charge in [0.15, 0.2) is 0 Å². The maximum absolute atomic E-state index is 12.8. The molecule has 3 aromatic rings.